The van der Waals surface area contributed by atoms with Crippen molar-refractivity contribution in [1.82, 2.24) is 4.90 Å². The van der Waals surface area contributed by atoms with Crippen LogP contribution in [0.3, 0.4) is 0 Å². The van der Waals surface area contributed by atoms with Crippen LogP contribution in [0.2, 0.25) is 0 Å². The lowest BCUT2D eigenvalue weighted by molar-refractivity contribution is -0.121. The molecule has 0 aliphatic carbocycles. The Hall–Kier alpha value is -2.31. The standard InChI is InChI=1S/C23H29N3O2S/c1-16-8-9-19(17(2)14-16)24-22(27)15-26-12-10-18(11-13-26)23(28)25-20-6-4-5-7-21(20)29-3/h4-9,14,18H,10-13,15H2,1-3H3,(H,24,27)(H,25,28). The number of piperidine rings is 1. The second-order valence-electron chi connectivity index (χ2n) is 7.61. The zero-order valence-corrected chi connectivity index (χ0v) is 18.1. The zero-order valence-electron chi connectivity index (χ0n) is 17.3. The van der Waals surface area contributed by atoms with Crippen LogP contribution in [-0.4, -0.2) is 42.6 Å². The summed E-state index contributed by atoms with van der Waals surface area (Å²) in [7, 11) is 0. The second kappa shape index (κ2) is 9.94. The molecule has 2 aromatic rings. The fraction of sp³-hybridized carbons (Fsp3) is 0.391. The zero-order chi connectivity index (χ0) is 20.8. The summed E-state index contributed by atoms with van der Waals surface area (Å²) >= 11 is 1.63. The minimum Gasteiger partial charge on any atom is -0.325 e. The lowest BCUT2D eigenvalue weighted by Crippen LogP contribution is -2.41. The molecule has 0 bridgehead atoms. The third kappa shape index (κ3) is 5.84. The van der Waals surface area contributed by atoms with Crippen molar-refractivity contribution in [2.24, 2.45) is 5.92 Å². The first kappa shape index (κ1) is 21.4. The van der Waals surface area contributed by atoms with Gasteiger partial charge in [0.25, 0.3) is 0 Å². The first-order valence-electron chi connectivity index (χ1n) is 9.99. The molecule has 1 saturated heterocycles. The fourth-order valence-electron chi connectivity index (χ4n) is 3.68. The lowest BCUT2D eigenvalue weighted by Gasteiger charge is -2.30. The molecule has 0 spiro atoms. The third-order valence-electron chi connectivity index (χ3n) is 5.35. The number of anilines is 2. The predicted molar refractivity (Wildman–Crippen MR) is 121 cm³/mol. The van der Waals surface area contributed by atoms with Crippen molar-refractivity contribution in [2.75, 3.05) is 36.5 Å². The maximum Gasteiger partial charge on any atom is 0.238 e. The maximum atomic E-state index is 12.7. The maximum absolute atomic E-state index is 12.7. The Kier molecular flexibility index (Phi) is 7.34. The number of carbonyl (C=O) groups excluding carboxylic acids is 2. The van der Waals surface area contributed by atoms with E-state index in [2.05, 4.69) is 21.6 Å². The molecule has 2 aromatic carbocycles. The van der Waals surface area contributed by atoms with E-state index in [-0.39, 0.29) is 17.7 Å². The Bertz CT molecular complexity index is 876. The molecule has 1 fully saturated rings. The number of likely N-dealkylation sites (tertiary alicyclic amines) is 1. The molecule has 2 N–H and O–H groups in total. The Labute approximate surface area is 177 Å². The van der Waals surface area contributed by atoms with E-state index in [0.717, 1.165) is 47.8 Å². The summed E-state index contributed by atoms with van der Waals surface area (Å²) < 4.78 is 0. The highest BCUT2D eigenvalue weighted by atomic mass is 32.2. The Balaban J connectivity index is 1.47. The largest absolute Gasteiger partial charge is 0.325 e. The van der Waals surface area contributed by atoms with Crippen LogP contribution in [0.15, 0.2) is 47.4 Å². The molecule has 5 nitrogen and oxygen atoms in total. The third-order valence-corrected chi connectivity index (χ3v) is 6.14. The van der Waals surface area contributed by atoms with Crippen molar-refractivity contribution in [2.45, 2.75) is 31.6 Å². The smallest absolute Gasteiger partial charge is 0.238 e. The molecule has 0 aromatic heterocycles. The monoisotopic (exact) mass is 411 g/mol. The number of para-hydroxylation sites is 1. The summed E-state index contributed by atoms with van der Waals surface area (Å²) in [6, 6.07) is 13.9. The van der Waals surface area contributed by atoms with Crippen LogP contribution in [0.25, 0.3) is 0 Å². The fourth-order valence-corrected chi connectivity index (χ4v) is 4.24. The van der Waals surface area contributed by atoms with E-state index in [0.29, 0.717) is 6.54 Å². The summed E-state index contributed by atoms with van der Waals surface area (Å²) in [4.78, 5) is 28.3. The SMILES string of the molecule is CSc1ccccc1NC(=O)C1CCN(CC(=O)Nc2ccc(C)cc2C)CC1. The van der Waals surface area contributed by atoms with Crippen LogP contribution in [-0.2, 0) is 9.59 Å². The number of nitrogens with zero attached hydrogens (tertiary/aromatic N) is 1. The molecular weight excluding hydrogens is 382 g/mol. The van der Waals surface area contributed by atoms with Crippen molar-refractivity contribution >= 4 is 35.0 Å². The van der Waals surface area contributed by atoms with Crippen molar-refractivity contribution < 1.29 is 9.59 Å². The van der Waals surface area contributed by atoms with Crippen LogP contribution in [0, 0.1) is 19.8 Å². The van der Waals surface area contributed by atoms with Crippen LogP contribution < -0.4 is 10.6 Å². The molecule has 0 atom stereocenters. The molecule has 1 heterocycles. The van der Waals surface area contributed by atoms with Gasteiger partial charge in [-0.1, -0.05) is 29.8 Å². The highest BCUT2D eigenvalue weighted by Crippen LogP contribution is 2.26. The second-order valence-corrected chi connectivity index (χ2v) is 8.45. The minimum absolute atomic E-state index is 0.00578. The van der Waals surface area contributed by atoms with Gasteiger partial charge in [0.1, 0.15) is 0 Å². The number of amides is 2. The van der Waals surface area contributed by atoms with Gasteiger partial charge in [-0.15, -0.1) is 11.8 Å². The van der Waals surface area contributed by atoms with Crippen LogP contribution in [0.5, 0.6) is 0 Å². The van der Waals surface area contributed by atoms with E-state index in [9.17, 15) is 9.59 Å². The van der Waals surface area contributed by atoms with E-state index in [4.69, 9.17) is 0 Å². The summed E-state index contributed by atoms with van der Waals surface area (Å²) in [6.07, 6.45) is 3.54. The molecule has 3 rings (SSSR count). The number of thioether (sulfide) groups is 1. The first-order valence-corrected chi connectivity index (χ1v) is 11.2. The van der Waals surface area contributed by atoms with Crippen molar-refractivity contribution in [3.63, 3.8) is 0 Å². The van der Waals surface area contributed by atoms with Crippen LogP contribution in [0.4, 0.5) is 11.4 Å². The number of aryl methyl sites for hydroxylation is 2. The van der Waals surface area contributed by atoms with Gasteiger partial charge in [0, 0.05) is 16.5 Å². The van der Waals surface area contributed by atoms with Crippen molar-refractivity contribution in [1.29, 1.82) is 0 Å². The quantitative estimate of drug-likeness (QED) is 0.695. The van der Waals surface area contributed by atoms with Crippen molar-refractivity contribution in [3.05, 3.63) is 53.6 Å². The lowest BCUT2D eigenvalue weighted by atomic mass is 9.95. The normalized spacial score (nSPS) is 15.1. The molecule has 154 valence electrons. The number of hydrogen-bond acceptors (Lipinski definition) is 4. The molecule has 2 amide bonds. The van der Waals surface area contributed by atoms with Crippen LogP contribution >= 0.6 is 11.8 Å². The van der Waals surface area contributed by atoms with Crippen LogP contribution in [0.1, 0.15) is 24.0 Å². The molecule has 0 saturated carbocycles. The molecule has 6 heteroatoms. The van der Waals surface area contributed by atoms with E-state index in [1.165, 1.54) is 5.56 Å². The summed E-state index contributed by atoms with van der Waals surface area (Å²) in [5.41, 5.74) is 3.99. The van der Waals surface area contributed by atoms with E-state index >= 15 is 0 Å². The Morgan fingerprint density at radius 1 is 1.03 bits per heavy atom. The van der Waals surface area contributed by atoms with Crippen molar-refractivity contribution in [3.8, 4) is 0 Å². The first-order chi connectivity index (χ1) is 14.0. The van der Waals surface area contributed by atoms with Gasteiger partial charge in [0.2, 0.25) is 11.8 Å². The molecular formula is C23H29N3O2S. The molecule has 1 aliphatic rings. The van der Waals surface area contributed by atoms with Gasteiger partial charge in [-0.05, 0) is 69.8 Å². The topological polar surface area (TPSA) is 61.4 Å². The van der Waals surface area contributed by atoms with E-state index in [1.54, 1.807) is 11.8 Å². The van der Waals surface area contributed by atoms with Gasteiger partial charge in [-0.3, -0.25) is 14.5 Å². The van der Waals surface area contributed by atoms with Gasteiger partial charge in [-0.25, -0.2) is 0 Å². The van der Waals surface area contributed by atoms with Gasteiger partial charge in [0.05, 0.1) is 12.2 Å². The van der Waals surface area contributed by atoms with E-state index in [1.807, 2.05) is 56.5 Å². The highest BCUT2D eigenvalue weighted by Gasteiger charge is 2.26. The number of benzene rings is 2. The van der Waals surface area contributed by atoms with Gasteiger partial charge in [0.15, 0.2) is 0 Å². The summed E-state index contributed by atoms with van der Waals surface area (Å²) in [5, 5.41) is 6.07. The Morgan fingerprint density at radius 3 is 2.45 bits per heavy atom. The average molecular weight is 412 g/mol. The van der Waals surface area contributed by atoms with E-state index < -0.39 is 0 Å². The molecule has 1 aliphatic heterocycles. The van der Waals surface area contributed by atoms with Gasteiger partial charge < -0.3 is 10.6 Å². The molecule has 0 radical (unpaired) electrons. The number of rotatable bonds is 6. The molecule has 29 heavy (non-hydrogen) atoms. The molecule has 0 unspecified atom stereocenters. The summed E-state index contributed by atoms with van der Waals surface area (Å²) in [6.45, 7) is 5.91. The van der Waals surface area contributed by atoms with Gasteiger partial charge >= 0.3 is 0 Å². The summed E-state index contributed by atoms with van der Waals surface area (Å²) in [5.74, 6) is 0.0585. The minimum atomic E-state index is -0.0106. The van der Waals surface area contributed by atoms with Gasteiger partial charge in [-0.2, -0.15) is 0 Å². The average Bonchev–Trinajstić information content (AvgIpc) is 2.71. The number of hydrogen-bond donors (Lipinski definition) is 2. The predicted octanol–water partition coefficient (Wildman–Crippen LogP) is 4.31. The highest BCUT2D eigenvalue weighted by molar-refractivity contribution is 7.98. The number of nitrogens with one attached hydrogen (secondary N) is 2. The number of carbonyl (C=O) groups is 2. The Morgan fingerprint density at radius 2 is 1.76 bits per heavy atom.